The van der Waals surface area contributed by atoms with Gasteiger partial charge < -0.3 is 15.4 Å². The van der Waals surface area contributed by atoms with Crippen LogP contribution in [0.3, 0.4) is 0 Å². The van der Waals surface area contributed by atoms with Crippen molar-refractivity contribution in [3.8, 4) is 10.6 Å². The summed E-state index contributed by atoms with van der Waals surface area (Å²) >= 11 is 1.26. The van der Waals surface area contributed by atoms with Crippen LogP contribution in [0.1, 0.15) is 77.4 Å². The maximum Gasteiger partial charge on any atom is 0.412 e. The second kappa shape index (κ2) is 9.40. The number of rotatable bonds is 4. The van der Waals surface area contributed by atoms with Crippen LogP contribution in [0.15, 0.2) is 18.3 Å². The van der Waals surface area contributed by atoms with Gasteiger partial charge in [0.25, 0.3) is 5.91 Å². The number of fused-ring (bicyclic) bond motifs is 1. The fourth-order valence-corrected chi connectivity index (χ4v) is 6.25. The molecule has 1 aromatic carbocycles. The highest BCUT2D eigenvalue weighted by Crippen LogP contribution is 2.36. The van der Waals surface area contributed by atoms with Crippen LogP contribution in [0.25, 0.3) is 21.5 Å². The van der Waals surface area contributed by atoms with Gasteiger partial charge >= 0.3 is 6.09 Å². The molecule has 200 valence electrons. The quantitative estimate of drug-likeness (QED) is 0.420. The van der Waals surface area contributed by atoms with Crippen LogP contribution in [-0.4, -0.2) is 49.5 Å². The summed E-state index contributed by atoms with van der Waals surface area (Å²) in [6.45, 7) is 15.9. The molecule has 3 N–H and O–H groups in total. The Morgan fingerprint density at radius 2 is 1.81 bits per heavy atom. The number of piperidine rings is 1. The van der Waals surface area contributed by atoms with Gasteiger partial charge in [0.1, 0.15) is 15.6 Å². The van der Waals surface area contributed by atoms with Gasteiger partial charge in [-0.15, -0.1) is 0 Å². The molecule has 2 aromatic heterocycles. The van der Waals surface area contributed by atoms with Crippen molar-refractivity contribution in [3.63, 3.8) is 0 Å². The molecule has 0 atom stereocenters. The number of anilines is 1. The third kappa shape index (κ3) is 6.48. The number of thiazole rings is 1. The lowest BCUT2D eigenvalue weighted by atomic mass is 9.79. The van der Waals surface area contributed by atoms with Crippen LogP contribution < -0.4 is 16.0 Å². The summed E-state index contributed by atoms with van der Waals surface area (Å²) in [5.41, 5.74) is 2.05. The summed E-state index contributed by atoms with van der Waals surface area (Å²) in [6, 6.07) is 3.97. The van der Waals surface area contributed by atoms with Gasteiger partial charge in [0, 0.05) is 41.3 Å². The molecule has 0 spiro atoms. The summed E-state index contributed by atoms with van der Waals surface area (Å²) in [5.74, 6) is -0.314. The molecule has 0 bridgehead atoms. The van der Waals surface area contributed by atoms with Gasteiger partial charge in [-0.1, -0.05) is 11.3 Å². The number of hydrogen-bond donors (Lipinski definition) is 3. The highest BCUT2D eigenvalue weighted by Gasteiger charge is 2.38. The van der Waals surface area contributed by atoms with Crippen molar-refractivity contribution in [1.82, 2.24) is 25.4 Å². The highest BCUT2D eigenvalue weighted by molar-refractivity contribution is 7.19. The average Bonchev–Trinajstić information content (AvgIpc) is 3.27. The second-order valence-electron chi connectivity index (χ2n) is 12.3. The third-order valence-electron chi connectivity index (χ3n) is 6.14. The first-order chi connectivity index (χ1) is 17.0. The van der Waals surface area contributed by atoms with Gasteiger partial charge in [0.15, 0.2) is 5.69 Å². The number of carbonyl (C=O) groups is 2. The third-order valence-corrected chi connectivity index (χ3v) is 7.16. The Labute approximate surface area is 222 Å². The summed E-state index contributed by atoms with van der Waals surface area (Å²) in [5, 5.41) is 16.1. The lowest BCUT2D eigenvalue weighted by molar-refractivity contribution is 0.0636. The standard InChI is InChI=1S/C27H38N6O3S/c1-15-10-16(11-17-14-33(9)31-19(15)17)22-29-20(23(37-22)30-24(35)36-25(2,3)4)21(34)28-18-12-26(5,6)32-27(7,8)13-18/h10-11,14,18,32H,12-13H2,1-9H3,(H,28,34)(H,30,35). The fraction of sp³-hybridized carbons (Fsp3) is 0.556. The average molecular weight is 527 g/mol. The van der Waals surface area contributed by atoms with Gasteiger partial charge in [0.05, 0.1) is 5.52 Å². The van der Waals surface area contributed by atoms with Gasteiger partial charge in [0.2, 0.25) is 0 Å². The minimum atomic E-state index is -0.672. The van der Waals surface area contributed by atoms with Crippen molar-refractivity contribution in [1.29, 1.82) is 0 Å². The zero-order chi connectivity index (χ0) is 27.3. The molecule has 4 rings (SSSR count). The molecule has 1 aliphatic heterocycles. The molecule has 10 heteroatoms. The summed E-state index contributed by atoms with van der Waals surface area (Å²) < 4.78 is 7.23. The summed E-state index contributed by atoms with van der Waals surface area (Å²) in [7, 11) is 1.89. The molecule has 3 aromatic rings. The number of nitrogens with zero attached hydrogens (tertiary/aromatic N) is 3. The molecular formula is C27H38N6O3S. The number of nitrogens with one attached hydrogen (secondary N) is 3. The van der Waals surface area contributed by atoms with Gasteiger partial charge in [-0.25, -0.2) is 9.78 Å². The molecule has 0 radical (unpaired) electrons. The Bertz CT molecular complexity index is 1330. The number of aryl methyl sites for hydroxylation is 2. The minimum absolute atomic E-state index is 0.0349. The van der Waals surface area contributed by atoms with E-state index < -0.39 is 11.7 Å². The first kappa shape index (κ1) is 27.1. The summed E-state index contributed by atoms with van der Waals surface area (Å²) in [4.78, 5) is 30.9. The molecule has 1 aliphatic rings. The summed E-state index contributed by atoms with van der Waals surface area (Å²) in [6.07, 6.45) is 2.89. The normalized spacial score (nSPS) is 17.5. The fourth-order valence-electron chi connectivity index (χ4n) is 5.31. The van der Waals surface area contributed by atoms with E-state index in [1.54, 1.807) is 25.5 Å². The van der Waals surface area contributed by atoms with Crippen molar-refractivity contribution in [2.45, 2.75) is 91.0 Å². The monoisotopic (exact) mass is 526 g/mol. The topological polar surface area (TPSA) is 110 Å². The Hall–Kier alpha value is -2.98. The molecule has 3 heterocycles. The van der Waals surface area contributed by atoms with Gasteiger partial charge in [-0.2, -0.15) is 5.10 Å². The maximum atomic E-state index is 13.6. The molecule has 37 heavy (non-hydrogen) atoms. The largest absolute Gasteiger partial charge is 0.444 e. The molecule has 0 aliphatic carbocycles. The van der Waals surface area contributed by atoms with E-state index in [2.05, 4.69) is 48.7 Å². The molecule has 0 unspecified atom stereocenters. The second-order valence-corrected chi connectivity index (χ2v) is 13.3. The minimum Gasteiger partial charge on any atom is -0.444 e. The van der Waals surface area contributed by atoms with Crippen molar-refractivity contribution in [3.05, 3.63) is 29.6 Å². The van der Waals surface area contributed by atoms with Crippen LogP contribution >= 0.6 is 11.3 Å². The highest BCUT2D eigenvalue weighted by atomic mass is 32.1. The smallest absolute Gasteiger partial charge is 0.412 e. The van der Waals surface area contributed by atoms with E-state index in [1.807, 2.05) is 32.3 Å². The van der Waals surface area contributed by atoms with Crippen LogP contribution in [0.4, 0.5) is 9.80 Å². The van der Waals surface area contributed by atoms with Crippen molar-refractivity contribution in [2.75, 3.05) is 5.32 Å². The first-order valence-electron chi connectivity index (χ1n) is 12.6. The van der Waals surface area contributed by atoms with Crippen LogP contribution in [0.5, 0.6) is 0 Å². The Morgan fingerprint density at radius 1 is 1.16 bits per heavy atom. The molecule has 1 saturated heterocycles. The number of aromatic nitrogens is 3. The van der Waals surface area contributed by atoms with E-state index in [0.29, 0.717) is 10.0 Å². The van der Waals surface area contributed by atoms with E-state index in [4.69, 9.17) is 9.72 Å². The van der Waals surface area contributed by atoms with Gasteiger partial charge in [-0.3, -0.25) is 14.8 Å². The molecular weight excluding hydrogens is 488 g/mol. The molecule has 0 saturated carbocycles. The van der Waals surface area contributed by atoms with Crippen molar-refractivity contribution >= 4 is 39.2 Å². The van der Waals surface area contributed by atoms with Gasteiger partial charge in [-0.05, 0) is 85.9 Å². The van der Waals surface area contributed by atoms with Crippen molar-refractivity contribution in [2.24, 2.45) is 7.05 Å². The van der Waals surface area contributed by atoms with Crippen LogP contribution in [0.2, 0.25) is 0 Å². The zero-order valence-corrected chi connectivity index (χ0v) is 24.0. The van der Waals surface area contributed by atoms with Crippen LogP contribution in [0, 0.1) is 6.92 Å². The van der Waals surface area contributed by atoms with E-state index in [9.17, 15) is 9.59 Å². The van der Waals surface area contributed by atoms with Crippen LogP contribution in [-0.2, 0) is 11.8 Å². The number of carbonyl (C=O) groups excluding carboxylic acids is 2. The number of amides is 2. The number of benzene rings is 1. The van der Waals surface area contributed by atoms with E-state index in [0.717, 1.165) is 34.9 Å². The van der Waals surface area contributed by atoms with Crippen molar-refractivity contribution < 1.29 is 14.3 Å². The van der Waals surface area contributed by atoms with E-state index in [1.165, 1.54) is 11.3 Å². The predicted molar refractivity (Wildman–Crippen MR) is 148 cm³/mol. The molecule has 1 fully saturated rings. The first-order valence-corrected chi connectivity index (χ1v) is 13.4. The Morgan fingerprint density at radius 3 is 2.43 bits per heavy atom. The van der Waals surface area contributed by atoms with E-state index >= 15 is 0 Å². The lowest BCUT2D eigenvalue weighted by Gasteiger charge is -2.46. The maximum absolute atomic E-state index is 13.6. The Kier molecular flexibility index (Phi) is 6.87. The van der Waals surface area contributed by atoms with E-state index in [-0.39, 0.29) is 28.7 Å². The number of ether oxygens (including phenoxy) is 1. The predicted octanol–water partition coefficient (Wildman–Crippen LogP) is 5.39. The molecule has 9 nitrogen and oxygen atoms in total. The zero-order valence-electron chi connectivity index (χ0n) is 23.2. The Balaban J connectivity index is 1.68. The lowest BCUT2D eigenvalue weighted by Crippen LogP contribution is -2.62. The molecule has 2 amide bonds. The number of hydrogen-bond acceptors (Lipinski definition) is 7. The SMILES string of the molecule is Cc1cc(-c2nc(C(=O)NC3CC(C)(C)NC(C)(C)C3)c(NC(=O)OC(C)(C)C)s2)cc2cn(C)nc12.